The van der Waals surface area contributed by atoms with Gasteiger partial charge in [-0.2, -0.15) is 0 Å². The number of fused-ring (bicyclic) bond motifs is 1. The minimum Gasteiger partial charge on any atom is -0.390 e. The summed E-state index contributed by atoms with van der Waals surface area (Å²) in [7, 11) is 0. The Morgan fingerprint density at radius 1 is 1.26 bits per heavy atom. The van der Waals surface area contributed by atoms with Gasteiger partial charge in [-0.15, -0.1) is 0 Å². The summed E-state index contributed by atoms with van der Waals surface area (Å²) < 4.78 is 5.41. The van der Waals surface area contributed by atoms with Crippen LogP contribution in [0.3, 0.4) is 0 Å². The van der Waals surface area contributed by atoms with Gasteiger partial charge in [0.2, 0.25) is 0 Å². The van der Waals surface area contributed by atoms with Crippen LogP contribution in [-0.2, 0) is 17.7 Å². The number of hydrogen-bond acceptors (Lipinski definition) is 3. The van der Waals surface area contributed by atoms with Crippen molar-refractivity contribution >= 4 is 10.9 Å². The monoisotopic (exact) mass is 316 g/mol. The van der Waals surface area contributed by atoms with E-state index in [0.29, 0.717) is 6.42 Å². The molecule has 0 bridgehead atoms. The van der Waals surface area contributed by atoms with E-state index >= 15 is 0 Å². The van der Waals surface area contributed by atoms with Crippen LogP contribution in [-0.4, -0.2) is 46.9 Å². The fourth-order valence-electron chi connectivity index (χ4n) is 3.49. The number of nitrogens with one attached hydrogen (secondary N) is 1. The number of ether oxygens (including phenoxy) is 1. The molecule has 1 unspecified atom stereocenters. The van der Waals surface area contributed by atoms with E-state index in [2.05, 4.69) is 41.1 Å². The number of aromatic amines is 1. The van der Waals surface area contributed by atoms with Crippen molar-refractivity contribution in [2.45, 2.75) is 45.3 Å². The standard InChI is InChI=1S/C19H28N2O2/c1-3-6-19(2,22)13-17-12-16-11-15(4-5-18(16)20-17)14-21-7-9-23-10-8-21/h4-5,11-12,20,22H,3,6-10,13-14H2,1-2H3. The maximum atomic E-state index is 10.4. The third kappa shape index (κ3) is 4.34. The molecule has 3 rings (SSSR count). The summed E-state index contributed by atoms with van der Waals surface area (Å²) in [6.07, 6.45) is 2.50. The Kier molecular flexibility index (Phi) is 5.05. The van der Waals surface area contributed by atoms with Gasteiger partial charge in [0.25, 0.3) is 0 Å². The first-order chi connectivity index (χ1) is 11.1. The number of aromatic nitrogens is 1. The van der Waals surface area contributed by atoms with Crippen molar-refractivity contribution in [1.29, 1.82) is 0 Å². The molecule has 1 aliphatic rings. The SMILES string of the molecule is CCCC(C)(O)Cc1cc2cc(CN3CCOCC3)ccc2[nH]1. The van der Waals surface area contributed by atoms with Crippen molar-refractivity contribution in [3.8, 4) is 0 Å². The molecule has 1 saturated heterocycles. The number of morpholine rings is 1. The Morgan fingerprint density at radius 3 is 2.78 bits per heavy atom. The minimum absolute atomic E-state index is 0.633. The first kappa shape index (κ1) is 16.5. The van der Waals surface area contributed by atoms with Crippen molar-refractivity contribution in [2.24, 2.45) is 0 Å². The highest BCUT2D eigenvalue weighted by Gasteiger charge is 2.20. The fourth-order valence-corrected chi connectivity index (χ4v) is 3.49. The molecule has 1 aromatic heterocycles. The molecular weight excluding hydrogens is 288 g/mol. The summed E-state index contributed by atoms with van der Waals surface area (Å²) in [5, 5.41) is 11.7. The second-order valence-electron chi connectivity index (χ2n) is 7.03. The molecule has 23 heavy (non-hydrogen) atoms. The molecule has 0 amide bonds. The second-order valence-corrected chi connectivity index (χ2v) is 7.03. The van der Waals surface area contributed by atoms with E-state index in [1.807, 2.05) is 6.92 Å². The zero-order chi connectivity index (χ0) is 16.3. The lowest BCUT2D eigenvalue weighted by atomic mass is 9.95. The average Bonchev–Trinajstić information content (AvgIpc) is 2.88. The van der Waals surface area contributed by atoms with Crippen molar-refractivity contribution in [3.05, 3.63) is 35.5 Å². The molecule has 0 aliphatic carbocycles. The number of benzene rings is 1. The highest BCUT2D eigenvalue weighted by Crippen LogP contribution is 2.23. The third-order valence-electron chi connectivity index (χ3n) is 4.61. The third-order valence-corrected chi connectivity index (χ3v) is 4.61. The number of nitrogens with zero attached hydrogens (tertiary/aromatic N) is 1. The smallest absolute Gasteiger partial charge is 0.0674 e. The van der Waals surface area contributed by atoms with E-state index in [1.165, 1.54) is 10.9 Å². The van der Waals surface area contributed by atoms with Gasteiger partial charge in [0.1, 0.15) is 0 Å². The zero-order valence-corrected chi connectivity index (χ0v) is 14.3. The highest BCUT2D eigenvalue weighted by molar-refractivity contribution is 5.81. The number of H-pyrrole nitrogens is 1. The normalized spacial score (nSPS) is 19.1. The van der Waals surface area contributed by atoms with Crippen molar-refractivity contribution in [1.82, 2.24) is 9.88 Å². The maximum Gasteiger partial charge on any atom is 0.0674 e. The van der Waals surface area contributed by atoms with Crippen LogP contribution in [0.1, 0.15) is 37.9 Å². The van der Waals surface area contributed by atoms with Crippen molar-refractivity contribution in [3.63, 3.8) is 0 Å². The number of aliphatic hydroxyl groups is 1. The molecule has 4 heteroatoms. The van der Waals surface area contributed by atoms with E-state index in [1.54, 1.807) is 0 Å². The highest BCUT2D eigenvalue weighted by atomic mass is 16.5. The molecular formula is C19H28N2O2. The minimum atomic E-state index is -0.633. The van der Waals surface area contributed by atoms with E-state index in [0.717, 1.165) is 56.9 Å². The Bertz CT molecular complexity index is 642. The molecule has 2 heterocycles. The van der Waals surface area contributed by atoms with Gasteiger partial charge in [-0.25, -0.2) is 0 Å². The molecule has 0 radical (unpaired) electrons. The summed E-state index contributed by atoms with van der Waals surface area (Å²) in [4.78, 5) is 5.88. The predicted octanol–water partition coefficient (Wildman–Crippen LogP) is 3.09. The van der Waals surface area contributed by atoms with Gasteiger partial charge in [0.15, 0.2) is 0 Å². The van der Waals surface area contributed by atoms with Crippen LogP contribution in [0.5, 0.6) is 0 Å². The van der Waals surface area contributed by atoms with Crippen LogP contribution in [0.4, 0.5) is 0 Å². The van der Waals surface area contributed by atoms with Gasteiger partial charge in [0.05, 0.1) is 18.8 Å². The topological polar surface area (TPSA) is 48.5 Å². The van der Waals surface area contributed by atoms with Gasteiger partial charge in [0, 0.05) is 37.3 Å². The summed E-state index contributed by atoms with van der Waals surface area (Å²) in [5.41, 5.74) is 2.97. The summed E-state index contributed by atoms with van der Waals surface area (Å²) in [6.45, 7) is 8.70. The van der Waals surface area contributed by atoms with Gasteiger partial charge in [-0.3, -0.25) is 4.90 Å². The van der Waals surface area contributed by atoms with Gasteiger partial charge in [-0.05, 0) is 42.5 Å². The number of hydrogen-bond donors (Lipinski definition) is 2. The fraction of sp³-hybridized carbons (Fsp3) is 0.579. The number of rotatable bonds is 6. The summed E-state index contributed by atoms with van der Waals surface area (Å²) in [5.74, 6) is 0. The molecule has 126 valence electrons. The lowest BCUT2D eigenvalue weighted by Gasteiger charge is -2.26. The summed E-state index contributed by atoms with van der Waals surface area (Å²) in [6, 6.07) is 8.80. The average molecular weight is 316 g/mol. The molecule has 1 fully saturated rings. The van der Waals surface area contributed by atoms with Crippen LogP contribution in [0.2, 0.25) is 0 Å². The first-order valence-electron chi connectivity index (χ1n) is 8.69. The first-order valence-corrected chi connectivity index (χ1v) is 8.69. The van der Waals surface area contributed by atoms with Crippen molar-refractivity contribution < 1.29 is 9.84 Å². The zero-order valence-electron chi connectivity index (χ0n) is 14.3. The van der Waals surface area contributed by atoms with Crippen LogP contribution < -0.4 is 0 Å². The molecule has 0 spiro atoms. The second kappa shape index (κ2) is 7.04. The Hall–Kier alpha value is -1.36. The Balaban J connectivity index is 1.72. The molecule has 1 atom stereocenters. The molecule has 1 aromatic carbocycles. The lowest BCUT2D eigenvalue weighted by Crippen LogP contribution is -2.35. The van der Waals surface area contributed by atoms with E-state index in [4.69, 9.17) is 4.74 Å². The largest absolute Gasteiger partial charge is 0.390 e. The summed E-state index contributed by atoms with van der Waals surface area (Å²) >= 11 is 0. The van der Waals surface area contributed by atoms with Gasteiger partial charge >= 0.3 is 0 Å². The molecule has 1 aliphatic heterocycles. The van der Waals surface area contributed by atoms with E-state index in [-0.39, 0.29) is 0 Å². The van der Waals surface area contributed by atoms with Gasteiger partial charge in [-0.1, -0.05) is 19.4 Å². The van der Waals surface area contributed by atoms with Crippen molar-refractivity contribution in [2.75, 3.05) is 26.3 Å². The maximum absolute atomic E-state index is 10.4. The molecule has 2 aromatic rings. The van der Waals surface area contributed by atoms with Gasteiger partial charge < -0.3 is 14.8 Å². The predicted molar refractivity (Wildman–Crippen MR) is 93.6 cm³/mol. The molecule has 2 N–H and O–H groups in total. The van der Waals surface area contributed by atoms with Crippen LogP contribution in [0.25, 0.3) is 10.9 Å². The Morgan fingerprint density at radius 2 is 2.04 bits per heavy atom. The molecule has 0 saturated carbocycles. The lowest BCUT2D eigenvalue weighted by molar-refractivity contribution is 0.0342. The van der Waals surface area contributed by atoms with Crippen LogP contribution in [0, 0.1) is 0 Å². The Labute approximate surface area is 138 Å². The van der Waals surface area contributed by atoms with E-state index < -0.39 is 5.60 Å². The van der Waals surface area contributed by atoms with Crippen LogP contribution >= 0.6 is 0 Å². The van der Waals surface area contributed by atoms with E-state index in [9.17, 15) is 5.11 Å². The van der Waals surface area contributed by atoms with Crippen LogP contribution in [0.15, 0.2) is 24.3 Å². The molecule has 4 nitrogen and oxygen atoms in total. The quantitative estimate of drug-likeness (QED) is 0.861.